The largest absolute Gasteiger partial charge is 0.497 e. The minimum atomic E-state index is -0.319. The monoisotopic (exact) mass is 338 g/mol. The van der Waals surface area contributed by atoms with Crippen LogP contribution in [0, 0.1) is 0 Å². The van der Waals surface area contributed by atoms with E-state index in [-0.39, 0.29) is 18.0 Å². The number of ether oxygens (including phenoxy) is 2. The fraction of sp³-hybridized carbons (Fsp3) is 0.158. The molecule has 0 atom stereocenters. The van der Waals surface area contributed by atoms with Gasteiger partial charge >= 0.3 is 0 Å². The van der Waals surface area contributed by atoms with Crippen molar-refractivity contribution in [3.63, 3.8) is 0 Å². The zero-order chi connectivity index (χ0) is 17.8. The Labute approximate surface area is 144 Å². The first-order valence-electron chi connectivity index (χ1n) is 7.72. The molecule has 6 nitrogen and oxygen atoms in total. The highest BCUT2D eigenvalue weighted by atomic mass is 16.5. The van der Waals surface area contributed by atoms with Gasteiger partial charge in [-0.15, -0.1) is 0 Å². The van der Waals surface area contributed by atoms with Crippen LogP contribution in [0.2, 0.25) is 0 Å². The van der Waals surface area contributed by atoms with E-state index in [2.05, 4.69) is 5.32 Å². The van der Waals surface area contributed by atoms with Gasteiger partial charge in [-0.3, -0.25) is 9.59 Å². The summed E-state index contributed by atoms with van der Waals surface area (Å²) in [5.74, 6) is 0.792. The standard InChI is InChI=1S/C19H18N2O4/c1-24-14-7-8-16(17(11-14)25-2)20-18(22)12-21-10-9-13-5-3-4-6-15(13)19(21)23/h3-11H,12H2,1-2H3,(H,20,22). The summed E-state index contributed by atoms with van der Waals surface area (Å²) in [4.78, 5) is 24.8. The van der Waals surface area contributed by atoms with Gasteiger partial charge in [0.05, 0.1) is 19.9 Å². The summed E-state index contributed by atoms with van der Waals surface area (Å²) in [6, 6.07) is 14.2. The van der Waals surface area contributed by atoms with Gasteiger partial charge in [0, 0.05) is 17.6 Å². The lowest BCUT2D eigenvalue weighted by Crippen LogP contribution is -2.27. The number of hydrogen-bond acceptors (Lipinski definition) is 4. The zero-order valence-corrected chi connectivity index (χ0v) is 14.0. The van der Waals surface area contributed by atoms with Gasteiger partial charge in [0.15, 0.2) is 0 Å². The Morgan fingerprint density at radius 1 is 1.08 bits per heavy atom. The number of anilines is 1. The zero-order valence-electron chi connectivity index (χ0n) is 14.0. The second-order valence-electron chi connectivity index (χ2n) is 5.45. The van der Waals surface area contributed by atoms with E-state index in [1.807, 2.05) is 18.2 Å². The molecule has 3 rings (SSSR count). The highest BCUT2D eigenvalue weighted by Crippen LogP contribution is 2.28. The average molecular weight is 338 g/mol. The average Bonchev–Trinajstić information content (AvgIpc) is 2.64. The summed E-state index contributed by atoms with van der Waals surface area (Å²) in [6.07, 6.45) is 1.62. The second kappa shape index (κ2) is 7.09. The fourth-order valence-electron chi connectivity index (χ4n) is 2.60. The van der Waals surface area contributed by atoms with Crippen LogP contribution in [-0.4, -0.2) is 24.7 Å². The molecule has 6 heteroatoms. The number of methoxy groups -OCH3 is 2. The molecule has 1 N–H and O–H groups in total. The van der Waals surface area contributed by atoms with Crippen LogP contribution in [0.4, 0.5) is 5.69 Å². The summed E-state index contributed by atoms with van der Waals surface area (Å²) >= 11 is 0. The fourth-order valence-corrected chi connectivity index (χ4v) is 2.60. The van der Waals surface area contributed by atoms with Crippen LogP contribution in [0.3, 0.4) is 0 Å². The predicted octanol–water partition coefficient (Wildman–Crippen LogP) is 2.66. The van der Waals surface area contributed by atoms with Crippen molar-refractivity contribution in [1.29, 1.82) is 0 Å². The first-order chi connectivity index (χ1) is 12.1. The Morgan fingerprint density at radius 2 is 1.88 bits per heavy atom. The van der Waals surface area contributed by atoms with Gasteiger partial charge in [0.25, 0.3) is 5.56 Å². The van der Waals surface area contributed by atoms with Crippen molar-refractivity contribution < 1.29 is 14.3 Å². The van der Waals surface area contributed by atoms with Crippen molar-refractivity contribution >= 4 is 22.4 Å². The van der Waals surface area contributed by atoms with E-state index in [1.165, 1.54) is 11.7 Å². The van der Waals surface area contributed by atoms with Crippen LogP contribution in [0.1, 0.15) is 0 Å². The van der Waals surface area contributed by atoms with E-state index in [0.29, 0.717) is 22.6 Å². The number of carbonyl (C=O) groups excluding carboxylic acids is 1. The number of fused-ring (bicyclic) bond motifs is 1. The van der Waals surface area contributed by atoms with Gasteiger partial charge in [-0.25, -0.2) is 0 Å². The molecule has 0 fully saturated rings. The predicted molar refractivity (Wildman–Crippen MR) is 96.4 cm³/mol. The van der Waals surface area contributed by atoms with E-state index in [4.69, 9.17) is 9.47 Å². The lowest BCUT2D eigenvalue weighted by atomic mass is 10.2. The number of carbonyl (C=O) groups is 1. The molecule has 1 heterocycles. The molecular weight excluding hydrogens is 320 g/mol. The third-order valence-electron chi connectivity index (χ3n) is 3.88. The summed E-state index contributed by atoms with van der Waals surface area (Å²) < 4.78 is 11.8. The highest BCUT2D eigenvalue weighted by Gasteiger charge is 2.11. The van der Waals surface area contributed by atoms with E-state index < -0.39 is 0 Å². The van der Waals surface area contributed by atoms with E-state index in [9.17, 15) is 9.59 Å². The van der Waals surface area contributed by atoms with Crippen molar-refractivity contribution in [2.45, 2.75) is 6.54 Å². The molecule has 3 aromatic rings. The lowest BCUT2D eigenvalue weighted by Gasteiger charge is -2.12. The SMILES string of the molecule is COc1ccc(NC(=O)Cn2ccc3ccccc3c2=O)c(OC)c1. The number of pyridine rings is 1. The van der Waals surface area contributed by atoms with Gasteiger partial charge in [-0.2, -0.15) is 0 Å². The number of rotatable bonds is 5. The first-order valence-corrected chi connectivity index (χ1v) is 7.72. The van der Waals surface area contributed by atoms with E-state index in [0.717, 1.165) is 5.39 Å². The molecule has 0 saturated heterocycles. The molecule has 128 valence electrons. The minimum Gasteiger partial charge on any atom is -0.497 e. The number of amides is 1. The maximum absolute atomic E-state index is 12.5. The number of hydrogen-bond donors (Lipinski definition) is 1. The van der Waals surface area contributed by atoms with Gasteiger partial charge in [-0.1, -0.05) is 18.2 Å². The van der Waals surface area contributed by atoms with Crippen LogP contribution in [0.5, 0.6) is 11.5 Å². The molecule has 0 spiro atoms. The molecule has 0 aliphatic carbocycles. The molecule has 1 aromatic heterocycles. The van der Waals surface area contributed by atoms with Crippen LogP contribution in [0.15, 0.2) is 59.5 Å². The minimum absolute atomic E-state index is 0.0845. The van der Waals surface area contributed by atoms with Crippen molar-refractivity contribution in [2.24, 2.45) is 0 Å². The highest BCUT2D eigenvalue weighted by molar-refractivity contribution is 5.92. The van der Waals surface area contributed by atoms with Crippen LogP contribution in [-0.2, 0) is 11.3 Å². The van der Waals surface area contributed by atoms with Gasteiger partial charge in [0.2, 0.25) is 5.91 Å². The molecule has 2 aromatic carbocycles. The van der Waals surface area contributed by atoms with Crippen LogP contribution < -0.4 is 20.3 Å². The van der Waals surface area contributed by atoms with Crippen LogP contribution >= 0.6 is 0 Å². The quantitative estimate of drug-likeness (QED) is 0.776. The number of nitrogens with one attached hydrogen (secondary N) is 1. The smallest absolute Gasteiger partial charge is 0.258 e. The van der Waals surface area contributed by atoms with Gasteiger partial charge in [0.1, 0.15) is 18.0 Å². The molecule has 1 amide bonds. The Kier molecular flexibility index (Phi) is 4.70. The summed E-state index contributed by atoms with van der Waals surface area (Å²) in [7, 11) is 3.07. The summed E-state index contributed by atoms with van der Waals surface area (Å²) in [6.45, 7) is -0.0845. The Balaban J connectivity index is 1.82. The maximum Gasteiger partial charge on any atom is 0.258 e. The van der Waals surface area contributed by atoms with Crippen molar-refractivity contribution in [3.05, 3.63) is 65.1 Å². The summed E-state index contributed by atoms with van der Waals surface area (Å²) in [5.41, 5.74) is 0.317. The molecule has 0 radical (unpaired) electrons. The Morgan fingerprint density at radius 3 is 2.64 bits per heavy atom. The molecule has 0 bridgehead atoms. The van der Waals surface area contributed by atoms with Crippen molar-refractivity contribution in [1.82, 2.24) is 4.57 Å². The van der Waals surface area contributed by atoms with Crippen LogP contribution in [0.25, 0.3) is 10.8 Å². The molecular formula is C19H18N2O4. The van der Waals surface area contributed by atoms with Gasteiger partial charge < -0.3 is 19.4 Å². The van der Waals surface area contributed by atoms with Crippen molar-refractivity contribution in [2.75, 3.05) is 19.5 Å². The topological polar surface area (TPSA) is 69.6 Å². The molecule has 0 saturated carbocycles. The third-order valence-corrected chi connectivity index (χ3v) is 3.88. The number of benzene rings is 2. The molecule has 0 aliphatic rings. The Hall–Kier alpha value is -3.28. The number of nitrogens with zero attached hydrogens (tertiary/aromatic N) is 1. The van der Waals surface area contributed by atoms with Gasteiger partial charge in [-0.05, 0) is 29.7 Å². The van der Waals surface area contributed by atoms with E-state index in [1.54, 1.807) is 43.6 Å². The normalized spacial score (nSPS) is 10.5. The second-order valence-corrected chi connectivity index (χ2v) is 5.45. The maximum atomic E-state index is 12.5. The first kappa shape index (κ1) is 16.6. The lowest BCUT2D eigenvalue weighted by molar-refractivity contribution is -0.116. The third kappa shape index (κ3) is 3.47. The molecule has 25 heavy (non-hydrogen) atoms. The van der Waals surface area contributed by atoms with Crippen molar-refractivity contribution in [3.8, 4) is 11.5 Å². The van der Waals surface area contributed by atoms with E-state index >= 15 is 0 Å². The number of aromatic nitrogens is 1. The molecule has 0 unspecified atom stereocenters. The Bertz CT molecular complexity index is 979. The summed E-state index contributed by atoms with van der Waals surface area (Å²) in [5, 5.41) is 4.19. The molecule has 0 aliphatic heterocycles.